The van der Waals surface area contributed by atoms with Crippen LogP contribution in [0.1, 0.15) is 36.5 Å². The van der Waals surface area contributed by atoms with Crippen molar-refractivity contribution in [2.75, 3.05) is 18.8 Å². The quantitative estimate of drug-likeness (QED) is 0.804. The molecule has 1 aromatic rings. The minimum atomic E-state index is -0.0188. The second kappa shape index (κ2) is 4.84. The van der Waals surface area contributed by atoms with Crippen molar-refractivity contribution in [1.29, 1.82) is 0 Å². The van der Waals surface area contributed by atoms with E-state index in [4.69, 9.17) is 5.73 Å². The number of anilines is 1. The van der Waals surface area contributed by atoms with E-state index in [2.05, 4.69) is 11.2 Å². The smallest absolute Gasteiger partial charge is 0.274 e. The topological polar surface area (TPSA) is 64.2 Å². The fourth-order valence-electron chi connectivity index (χ4n) is 2.35. The molecule has 5 nitrogen and oxygen atoms in total. The van der Waals surface area contributed by atoms with Crippen LogP contribution in [0.4, 0.5) is 5.69 Å². The highest BCUT2D eigenvalue weighted by atomic mass is 16.2. The van der Waals surface area contributed by atoms with Crippen LogP contribution in [0, 0.1) is 0 Å². The molecule has 1 aromatic heterocycles. The molecule has 0 bridgehead atoms. The molecule has 18 heavy (non-hydrogen) atoms. The average Bonchev–Trinajstić information content (AvgIpc) is 2.63. The van der Waals surface area contributed by atoms with E-state index in [-0.39, 0.29) is 5.91 Å². The van der Waals surface area contributed by atoms with E-state index in [1.807, 2.05) is 18.7 Å². The number of aromatic nitrogens is 2. The predicted octanol–water partition coefficient (Wildman–Crippen LogP) is 1.36. The lowest BCUT2D eigenvalue weighted by molar-refractivity contribution is 0.0756. The van der Waals surface area contributed by atoms with Gasteiger partial charge in [0.25, 0.3) is 5.91 Å². The monoisotopic (exact) mass is 248 g/mol. The van der Waals surface area contributed by atoms with E-state index in [9.17, 15) is 4.79 Å². The predicted molar refractivity (Wildman–Crippen MR) is 71.3 cm³/mol. The standard InChI is InChI=1S/C13H20N4O/c1-4-10-11(14)12(16(3)15-10)13(18)17-7-5-6-9(2)8-17/h6H,4-5,7-8,14H2,1-3H3. The fourth-order valence-corrected chi connectivity index (χ4v) is 2.35. The molecule has 0 saturated heterocycles. The molecule has 1 aliphatic heterocycles. The summed E-state index contributed by atoms with van der Waals surface area (Å²) in [6, 6.07) is 0. The summed E-state index contributed by atoms with van der Waals surface area (Å²) >= 11 is 0. The molecule has 1 amide bonds. The van der Waals surface area contributed by atoms with Gasteiger partial charge >= 0.3 is 0 Å². The highest BCUT2D eigenvalue weighted by molar-refractivity contribution is 5.98. The van der Waals surface area contributed by atoms with Crippen LogP contribution >= 0.6 is 0 Å². The van der Waals surface area contributed by atoms with Gasteiger partial charge in [0.05, 0.1) is 11.4 Å². The van der Waals surface area contributed by atoms with E-state index in [1.54, 1.807) is 11.7 Å². The molecule has 5 heteroatoms. The molecule has 0 atom stereocenters. The number of carbonyl (C=O) groups excluding carboxylic acids is 1. The van der Waals surface area contributed by atoms with Crippen LogP contribution in [0.15, 0.2) is 11.6 Å². The second-order valence-corrected chi connectivity index (χ2v) is 4.75. The van der Waals surface area contributed by atoms with E-state index in [1.165, 1.54) is 5.57 Å². The van der Waals surface area contributed by atoms with Gasteiger partial charge in [0, 0.05) is 20.1 Å². The van der Waals surface area contributed by atoms with Crippen LogP contribution in [0.2, 0.25) is 0 Å². The molecule has 98 valence electrons. The molecule has 1 aliphatic rings. The van der Waals surface area contributed by atoms with Crippen molar-refractivity contribution in [1.82, 2.24) is 14.7 Å². The van der Waals surface area contributed by atoms with Gasteiger partial charge in [-0.2, -0.15) is 5.10 Å². The SMILES string of the molecule is CCc1nn(C)c(C(=O)N2CCC=C(C)C2)c1N. The van der Waals surface area contributed by atoms with Gasteiger partial charge in [0.15, 0.2) is 0 Å². The number of nitrogen functional groups attached to an aromatic ring is 1. The Bertz CT molecular complexity index is 501. The summed E-state index contributed by atoms with van der Waals surface area (Å²) in [5, 5.41) is 4.29. The number of nitrogens with zero attached hydrogens (tertiary/aromatic N) is 3. The van der Waals surface area contributed by atoms with Gasteiger partial charge in [0.2, 0.25) is 0 Å². The minimum absolute atomic E-state index is 0.0188. The van der Waals surface area contributed by atoms with Crippen LogP contribution < -0.4 is 5.73 Å². The van der Waals surface area contributed by atoms with Crippen molar-refractivity contribution in [2.24, 2.45) is 7.05 Å². The molecule has 0 fully saturated rings. The maximum Gasteiger partial charge on any atom is 0.274 e. The first kappa shape index (κ1) is 12.7. The molecule has 2 rings (SSSR count). The zero-order valence-electron chi connectivity index (χ0n) is 11.2. The van der Waals surface area contributed by atoms with Gasteiger partial charge in [-0.05, 0) is 19.8 Å². The maximum absolute atomic E-state index is 12.5. The number of carbonyl (C=O) groups is 1. The zero-order chi connectivity index (χ0) is 13.3. The van der Waals surface area contributed by atoms with Gasteiger partial charge in [-0.15, -0.1) is 0 Å². The number of nitrogens with two attached hydrogens (primary N) is 1. The Kier molecular flexibility index (Phi) is 3.41. The van der Waals surface area contributed by atoms with Crippen molar-refractivity contribution in [3.63, 3.8) is 0 Å². The van der Waals surface area contributed by atoms with Crippen LogP contribution in [-0.2, 0) is 13.5 Å². The van der Waals surface area contributed by atoms with Crippen molar-refractivity contribution in [3.8, 4) is 0 Å². The summed E-state index contributed by atoms with van der Waals surface area (Å²) in [6.45, 7) is 5.47. The second-order valence-electron chi connectivity index (χ2n) is 4.75. The third kappa shape index (κ3) is 2.12. The molecule has 2 N–H and O–H groups in total. The lowest BCUT2D eigenvalue weighted by Crippen LogP contribution is -2.36. The first-order valence-electron chi connectivity index (χ1n) is 6.30. The molecule has 0 spiro atoms. The largest absolute Gasteiger partial charge is 0.395 e. The first-order valence-corrected chi connectivity index (χ1v) is 6.30. The number of aryl methyl sites for hydroxylation is 2. The number of hydrogen-bond donors (Lipinski definition) is 1. The Labute approximate surface area is 107 Å². The van der Waals surface area contributed by atoms with Crippen molar-refractivity contribution >= 4 is 11.6 Å². The Morgan fingerprint density at radius 3 is 2.83 bits per heavy atom. The van der Waals surface area contributed by atoms with E-state index >= 15 is 0 Å². The van der Waals surface area contributed by atoms with E-state index < -0.39 is 0 Å². The first-order chi connectivity index (χ1) is 8.54. The van der Waals surface area contributed by atoms with Crippen molar-refractivity contribution in [2.45, 2.75) is 26.7 Å². The Morgan fingerprint density at radius 1 is 1.56 bits per heavy atom. The zero-order valence-corrected chi connectivity index (χ0v) is 11.2. The number of rotatable bonds is 2. The van der Waals surface area contributed by atoms with Crippen molar-refractivity contribution in [3.05, 3.63) is 23.0 Å². The van der Waals surface area contributed by atoms with Gasteiger partial charge in [-0.25, -0.2) is 0 Å². The van der Waals surface area contributed by atoms with Gasteiger partial charge in [-0.3, -0.25) is 9.48 Å². The van der Waals surface area contributed by atoms with Gasteiger partial charge in [0.1, 0.15) is 5.69 Å². The Balaban J connectivity index is 2.29. The van der Waals surface area contributed by atoms with Crippen LogP contribution in [0.25, 0.3) is 0 Å². The van der Waals surface area contributed by atoms with Crippen LogP contribution in [-0.4, -0.2) is 33.7 Å². The molecule has 0 unspecified atom stereocenters. The Hall–Kier alpha value is -1.78. The third-order valence-corrected chi connectivity index (χ3v) is 3.32. The number of amides is 1. The summed E-state index contributed by atoms with van der Waals surface area (Å²) in [6.07, 6.45) is 3.83. The van der Waals surface area contributed by atoms with Crippen molar-refractivity contribution < 1.29 is 4.79 Å². The molecular weight excluding hydrogens is 228 g/mol. The highest BCUT2D eigenvalue weighted by Gasteiger charge is 2.25. The van der Waals surface area contributed by atoms with E-state index in [0.29, 0.717) is 17.9 Å². The summed E-state index contributed by atoms with van der Waals surface area (Å²) in [7, 11) is 1.77. The third-order valence-electron chi connectivity index (χ3n) is 3.32. The number of hydrogen-bond acceptors (Lipinski definition) is 3. The lowest BCUT2D eigenvalue weighted by Gasteiger charge is -2.26. The molecule has 0 aromatic carbocycles. The van der Waals surface area contributed by atoms with Crippen LogP contribution in [0.5, 0.6) is 0 Å². The summed E-state index contributed by atoms with van der Waals surface area (Å²) < 4.78 is 1.60. The molecule has 0 saturated carbocycles. The maximum atomic E-state index is 12.5. The molecule has 2 heterocycles. The minimum Gasteiger partial charge on any atom is -0.395 e. The molecule has 0 aliphatic carbocycles. The van der Waals surface area contributed by atoms with Gasteiger partial charge < -0.3 is 10.6 Å². The molecule has 0 radical (unpaired) electrons. The summed E-state index contributed by atoms with van der Waals surface area (Å²) in [5.41, 5.74) is 9.08. The Morgan fingerprint density at radius 2 is 2.28 bits per heavy atom. The lowest BCUT2D eigenvalue weighted by atomic mass is 10.1. The summed E-state index contributed by atoms with van der Waals surface area (Å²) in [5.74, 6) is -0.0188. The van der Waals surface area contributed by atoms with Gasteiger partial charge in [-0.1, -0.05) is 18.6 Å². The van der Waals surface area contributed by atoms with Crippen LogP contribution in [0.3, 0.4) is 0 Å². The fraction of sp³-hybridized carbons (Fsp3) is 0.538. The molecular formula is C13H20N4O. The normalized spacial score (nSPS) is 15.7. The summed E-state index contributed by atoms with van der Waals surface area (Å²) in [4.78, 5) is 14.3. The van der Waals surface area contributed by atoms with E-state index in [0.717, 1.165) is 25.1 Å². The average molecular weight is 248 g/mol. The highest BCUT2D eigenvalue weighted by Crippen LogP contribution is 2.20.